The summed E-state index contributed by atoms with van der Waals surface area (Å²) in [6.07, 6.45) is 6.03. The minimum absolute atomic E-state index is 0.0924. The molecule has 0 fully saturated rings. The Labute approximate surface area is 237 Å². The smallest absolute Gasteiger partial charge is 0.417 e. The molecule has 8 heteroatoms. The molecule has 0 aliphatic heterocycles. The normalized spacial score (nSPS) is 14.6. The van der Waals surface area contributed by atoms with E-state index in [4.69, 9.17) is 5.73 Å². The molecule has 1 heterocycles. The Bertz CT molecular complexity index is 1120. The molecule has 0 amide bonds. The molecular weight excluding hydrogens is 515 g/mol. The third-order valence-electron chi connectivity index (χ3n) is 6.48. The average Bonchev–Trinajstić information content (AvgIpc) is 2.88. The van der Waals surface area contributed by atoms with Crippen molar-refractivity contribution < 1.29 is 23.4 Å². The lowest BCUT2D eigenvalue weighted by Crippen LogP contribution is -2.50. The second-order valence-electron chi connectivity index (χ2n) is 10.5. The van der Waals surface area contributed by atoms with Gasteiger partial charge in [-0.2, -0.15) is 13.2 Å². The Morgan fingerprint density at radius 2 is 1.80 bits per heavy atom. The zero-order chi connectivity index (χ0) is 30.4. The highest BCUT2D eigenvalue weighted by molar-refractivity contribution is 5.65. The van der Waals surface area contributed by atoms with Crippen LogP contribution in [0.3, 0.4) is 0 Å². The standard InChI is InChI=1S/C26H31F3N2O2.C6H15N/c1-5-8-18(6-2)13-21(30)15-25(33,26(27,28)29)17-24(3,4)22-14-19(10-11-23(22)32)20-9-7-12-31-16-20;1-3-5-6-7-4-2/h5-14,16,32-33H,15,17,30H2,1-4H3;7H,3-6H2,1-2H3/b8-5-,18-6+,21-13-;. The van der Waals surface area contributed by atoms with Crippen LogP contribution in [0.5, 0.6) is 5.75 Å². The molecule has 2 rings (SSSR count). The average molecular weight is 562 g/mol. The van der Waals surface area contributed by atoms with Crippen LogP contribution in [0, 0.1) is 0 Å². The van der Waals surface area contributed by atoms with E-state index in [1.807, 2.05) is 6.07 Å². The van der Waals surface area contributed by atoms with Crippen molar-refractivity contribution in [1.82, 2.24) is 10.3 Å². The monoisotopic (exact) mass is 561 g/mol. The molecule has 1 unspecified atom stereocenters. The number of phenols is 1. The van der Waals surface area contributed by atoms with Crippen molar-refractivity contribution in [2.75, 3.05) is 13.1 Å². The molecule has 0 aliphatic carbocycles. The maximum Gasteiger partial charge on any atom is 0.417 e. The van der Waals surface area contributed by atoms with Gasteiger partial charge in [0.1, 0.15) is 5.75 Å². The molecular formula is C32H46F3N3O2. The van der Waals surface area contributed by atoms with Gasteiger partial charge in [0.25, 0.3) is 0 Å². The van der Waals surface area contributed by atoms with Crippen LogP contribution in [-0.2, 0) is 5.41 Å². The molecule has 0 saturated heterocycles. The molecule has 0 spiro atoms. The van der Waals surface area contributed by atoms with Crippen LogP contribution in [0.25, 0.3) is 11.1 Å². The predicted octanol–water partition coefficient (Wildman–Crippen LogP) is 7.57. The van der Waals surface area contributed by atoms with Gasteiger partial charge in [0.05, 0.1) is 0 Å². The Morgan fingerprint density at radius 1 is 1.10 bits per heavy atom. The van der Waals surface area contributed by atoms with Crippen molar-refractivity contribution in [3.05, 3.63) is 83.9 Å². The number of aliphatic hydroxyl groups is 1. The van der Waals surface area contributed by atoms with Gasteiger partial charge in [-0.3, -0.25) is 4.98 Å². The first kappa shape index (κ1) is 34.9. The molecule has 1 aromatic heterocycles. The first-order valence-corrected chi connectivity index (χ1v) is 13.7. The number of nitrogens with zero attached hydrogens (tertiary/aromatic N) is 1. The van der Waals surface area contributed by atoms with E-state index in [1.165, 1.54) is 31.5 Å². The topological polar surface area (TPSA) is 91.4 Å². The van der Waals surface area contributed by atoms with Gasteiger partial charge in [0.2, 0.25) is 0 Å². The van der Waals surface area contributed by atoms with E-state index < -0.39 is 30.0 Å². The van der Waals surface area contributed by atoms with Crippen molar-refractivity contribution in [2.45, 2.75) is 84.4 Å². The van der Waals surface area contributed by atoms with Gasteiger partial charge >= 0.3 is 6.18 Å². The maximum absolute atomic E-state index is 14.1. The predicted molar refractivity (Wildman–Crippen MR) is 159 cm³/mol. The highest BCUT2D eigenvalue weighted by atomic mass is 19.4. The van der Waals surface area contributed by atoms with E-state index in [0.717, 1.165) is 12.1 Å². The molecule has 1 aromatic carbocycles. The third-order valence-corrected chi connectivity index (χ3v) is 6.48. The lowest BCUT2D eigenvalue weighted by atomic mass is 9.72. The Morgan fingerprint density at radius 3 is 2.33 bits per heavy atom. The van der Waals surface area contributed by atoms with E-state index in [9.17, 15) is 23.4 Å². The number of rotatable bonds is 12. The summed E-state index contributed by atoms with van der Waals surface area (Å²) in [5.74, 6) is -0.148. The number of aromatic nitrogens is 1. The van der Waals surface area contributed by atoms with E-state index >= 15 is 0 Å². The molecule has 5 N–H and O–H groups in total. The quantitative estimate of drug-likeness (QED) is 0.159. The molecule has 40 heavy (non-hydrogen) atoms. The molecule has 222 valence electrons. The fourth-order valence-corrected chi connectivity index (χ4v) is 4.38. The number of nitrogens with one attached hydrogen (secondary N) is 1. The first-order chi connectivity index (χ1) is 18.7. The van der Waals surface area contributed by atoms with Crippen molar-refractivity contribution in [3.63, 3.8) is 0 Å². The zero-order valence-electron chi connectivity index (χ0n) is 24.6. The molecule has 5 nitrogen and oxygen atoms in total. The SMILES string of the molecule is CCCCNCC.C\C=C/C(/C=C(\N)CC(O)(CC(C)(C)c1cc(-c2cccnc2)ccc1O)C(F)(F)F)=C\C. The number of phenolic OH excluding ortho intramolecular Hbond substituents is 1. The zero-order valence-corrected chi connectivity index (χ0v) is 24.6. The number of hydrogen-bond acceptors (Lipinski definition) is 5. The molecule has 0 aliphatic rings. The first-order valence-electron chi connectivity index (χ1n) is 13.7. The largest absolute Gasteiger partial charge is 0.508 e. The lowest BCUT2D eigenvalue weighted by molar-refractivity contribution is -0.266. The van der Waals surface area contributed by atoms with Crippen molar-refractivity contribution in [1.29, 1.82) is 0 Å². The van der Waals surface area contributed by atoms with Crippen LogP contribution in [0.1, 0.15) is 72.8 Å². The molecule has 0 saturated carbocycles. The van der Waals surface area contributed by atoms with Crippen LogP contribution in [0.2, 0.25) is 0 Å². The third kappa shape index (κ3) is 10.8. The summed E-state index contributed by atoms with van der Waals surface area (Å²) in [5, 5.41) is 24.6. The van der Waals surface area contributed by atoms with E-state index in [0.29, 0.717) is 11.1 Å². The van der Waals surface area contributed by atoms with Crippen LogP contribution in [0.4, 0.5) is 13.2 Å². The van der Waals surface area contributed by atoms with Crippen molar-refractivity contribution in [3.8, 4) is 16.9 Å². The highest BCUT2D eigenvalue weighted by Gasteiger charge is 2.56. The minimum atomic E-state index is -4.93. The summed E-state index contributed by atoms with van der Waals surface area (Å²) in [4.78, 5) is 4.06. The minimum Gasteiger partial charge on any atom is -0.508 e. The van der Waals surface area contributed by atoms with Gasteiger partial charge in [0, 0.05) is 35.6 Å². The summed E-state index contributed by atoms with van der Waals surface area (Å²) < 4.78 is 42.3. The number of unbranched alkanes of at least 4 members (excludes halogenated alkanes) is 1. The van der Waals surface area contributed by atoms with E-state index in [-0.39, 0.29) is 17.0 Å². The van der Waals surface area contributed by atoms with Crippen LogP contribution in [0.15, 0.2) is 78.3 Å². The number of hydrogen-bond donors (Lipinski definition) is 4. The Hall–Kier alpha value is -3.10. The van der Waals surface area contributed by atoms with Crippen LogP contribution < -0.4 is 11.1 Å². The second-order valence-corrected chi connectivity index (χ2v) is 10.5. The van der Waals surface area contributed by atoms with Gasteiger partial charge in [0.15, 0.2) is 5.60 Å². The summed E-state index contributed by atoms with van der Waals surface area (Å²) >= 11 is 0. The van der Waals surface area contributed by atoms with Crippen LogP contribution >= 0.6 is 0 Å². The summed E-state index contributed by atoms with van der Waals surface area (Å²) in [6, 6.07) is 8.30. The van der Waals surface area contributed by atoms with Gasteiger partial charge in [-0.15, -0.1) is 0 Å². The molecule has 0 radical (unpaired) electrons. The van der Waals surface area contributed by atoms with Gasteiger partial charge in [-0.25, -0.2) is 0 Å². The Balaban J connectivity index is 0.00000101. The van der Waals surface area contributed by atoms with Crippen LogP contribution in [-0.4, -0.2) is 40.1 Å². The number of benzene rings is 1. The number of halogens is 3. The number of pyridine rings is 1. The molecule has 0 bridgehead atoms. The summed E-state index contributed by atoms with van der Waals surface area (Å²) in [7, 11) is 0. The summed E-state index contributed by atoms with van der Waals surface area (Å²) in [5.41, 5.74) is 3.88. The van der Waals surface area contributed by atoms with Gasteiger partial charge < -0.3 is 21.3 Å². The number of allylic oxidation sites excluding steroid dienone is 5. The fraction of sp³-hybridized carbons (Fsp3) is 0.469. The van der Waals surface area contributed by atoms with Gasteiger partial charge in [-0.05, 0) is 80.6 Å². The van der Waals surface area contributed by atoms with E-state index in [1.54, 1.807) is 76.5 Å². The van der Waals surface area contributed by atoms with Crippen molar-refractivity contribution in [2.24, 2.45) is 5.73 Å². The molecule has 2 aromatic rings. The number of aromatic hydroxyl groups is 1. The second kappa shape index (κ2) is 16.2. The lowest BCUT2D eigenvalue weighted by Gasteiger charge is -2.38. The number of nitrogens with two attached hydrogens (primary N) is 1. The maximum atomic E-state index is 14.1. The molecule has 1 atom stereocenters. The van der Waals surface area contributed by atoms with Gasteiger partial charge in [-0.1, -0.05) is 64.5 Å². The highest BCUT2D eigenvalue weighted by Crippen LogP contribution is 2.46. The summed E-state index contributed by atoms with van der Waals surface area (Å²) in [6.45, 7) is 13.3. The number of alkyl halides is 3. The fourth-order valence-electron chi connectivity index (χ4n) is 4.38. The van der Waals surface area contributed by atoms with E-state index in [2.05, 4.69) is 24.1 Å². The van der Waals surface area contributed by atoms with Crippen molar-refractivity contribution >= 4 is 0 Å². The Kier molecular flexibility index (Phi) is 14.2.